The minimum absolute atomic E-state index is 0.134. The summed E-state index contributed by atoms with van der Waals surface area (Å²) in [5.74, 6) is -0.406. The summed E-state index contributed by atoms with van der Waals surface area (Å²) < 4.78 is 13.4. The molecule has 0 aliphatic rings. The Bertz CT molecular complexity index is 1140. The van der Waals surface area contributed by atoms with Crippen LogP contribution in [0.25, 0.3) is 0 Å². The number of hydrogen-bond donors (Lipinski definition) is 2. The Morgan fingerprint density at radius 2 is 1.70 bits per heavy atom. The highest BCUT2D eigenvalue weighted by molar-refractivity contribution is 7.16. The smallest absolute Gasteiger partial charge is 0.256 e. The number of benzene rings is 2. The third-order valence-corrected chi connectivity index (χ3v) is 7.04. The van der Waals surface area contributed by atoms with Crippen LogP contribution >= 0.6 is 22.7 Å². The van der Waals surface area contributed by atoms with Gasteiger partial charge in [-0.25, -0.2) is 4.39 Å². The van der Waals surface area contributed by atoms with Crippen LogP contribution in [0.3, 0.4) is 0 Å². The summed E-state index contributed by atoms with van der Waals surface area (Å²) in [7, 11) is 0. The molecule has 0 aliphatic heterocycles. The molecule has 4 aromatic rings. The van der Waals surface area contributed by atoms with Gasteiger partial charge in [-0.1, -0.05) is 24.3 Å². The van der Waals surface area contributed by atoms with Crippen LogP contribution < -0.4 is 10.6 Å². The first-order valence-electron chi connectivity index (χ1n) is 9.54. The molecule has 0 bridgehead atoms. The van der Waals surface area contributed by atoms with E-state index in [0.29, 0.717) is 5.56 Å². The van der Waals surface area contributed by atoms with Crippen molar-refractivity contribution in [3.05, 3.63) is 104 Å². The van der Waals surface area contributed by atoms with E-state index in [-0.39, 0.29) is 17.8 Å². The van der Waals surface area contributed by atoms with Gasteiger partial charge in [0.15, 0.2) is 0 Å². The molecule has 6 heteroatoms. The molecular formula is C24H21FN2OS2. The second-order valence-corrected chi connectivity index (χ2v) is 9.15. The summed E-state index contributed by atoms with van der Waals surface area (Å²) in [6.07, 6.45) is 0. The summed E-state index contributed by atoms with van der Waals surface area (Å²) in [4.78, 5) is 15.1. The Hall–Kier alpha value is -2.96. The summed E-state index contributed by atoms with van der Waals surface area (Å²) in [5.41, 5.74) is 3.61. The SMILES string of the molecule is Cc1sc(NC(=O)c2ccccc2)c([C@H](Nc2ccc(F)cc2)c2cccs2)c1C. The lowest BCUT2D eigenvalue weighted by Crippen LogP contribution is -2.16. The van der Waals surface area contributed by atoms with Crippen LogP contribution in [0.15, 0.2) is 72.1 Å². The van der Waals surface area contributed by atoms with Crippen molar-refractivity contribution in [3.8, 4) is 0 Å². The molecule has 2 heterocycles. The van der Waals surface area contributed by atoms with Gasteiger partial charge in [0.25, 0.3) is 5.91 Å². The number of anilines is 2. The number of amides is 1. The van der Waals surface area contributed by atoms with Gasteiger partial charge >= 0.3 is 0 Å². The third-order valence-electron chi connectivity index (χ3n) is 4.97. The maximum atomic E-state index is 13.4. The van der Waals surface area contributed by atoms with Gasteiger partial charge in [0.1, 0.15) is 10.8 Å². The van der Waals surface area contributed by atoms with E-state index in [1.165, 1.54) is 12.1 Å². The lowest BCUT2D eigenvalue weighted by atomic mass is 10.0. The van der Waals surface area contributed by atoms with Gasteiger partial charge in [0.2, 0.25) is 0 Å². The Balaban J connectivity index is 1.73. The summed E-state index contributed by atoms with van der Waals surface area (Å²) in [6, 6.07) is 19.5. The number of hydrogen-bond acceptors (Lipinski definition) is 4. The number of nitrogens with one attached hydrogen (secondary N) is 2. The topological polar surface area (TPSA) is 41.1 Å². The van der Waals surface area contributed by atoms with Crippen molar-refractivity contribution in [1.29, 1.82) is 0 Å². The first kappa shape index (κ1) is 20.3. The molecule has 30 heavy (non-hydrogen) atoms. The molecule has 0 radical (unpaired) electrons. The lowest BCUT2D eigenvalue weighted by Gasteiger charge is -2.21. The molecular weight excluding hydrogens is 415 g/mol. The van der Waals surface area contributed by atoms with Crippen molar-refractivity contribution in [1.82, 2.24) is 0 Å². The van der Waals surface area contributed by atoms with E-state index in [1.807, 2.05) is 29.6 Å². The Morgan fingerprint density at radius 3 is 2.37 bits per heavy atom. The number of halogens is 1. The monoisotopic (exact) mass is 436 g/mol. The number of carbonyl (C=O) groups is 1. The molecule has 2 N–H and O–H groups in total. The normalized spacial score (nSPS) is 11.8. The van der Waals surface area contributed by atoms with Crippen molar-refractivity contribution >= 4 is 39.3 Å². The average molecular weight is 437 g/mol. The van der Waals surface area contributed by atoms with Crippen molar-refractivity contribution in [3.63, 3.8) is 0 Å². The number of aryl methyl sites for hydroxylation is 1. The van der Waals surface area contributed by atoms with Crippen LogP contribution in [0, 0.1) is 19.7 Å². The van der Waals surface area contributed by atoms with Gasteiger partial charge in [0, 0.05) is 26.6 Å². The van der Waals surface area contributed by atoms with Crippen LogP contribution in [0.5, 0.6) is 0 Å². The molecule has 152 valence electrons. The lowest BCUT2D eigenvalue weighted by molar-refractivity contribution is 0.102. The Morgan fingerprint density at radius 1 is 0.967 bits per heavy atom. The zero-order valence-electron chi connectivity index (χ0n) is 16.6. The molecule has 0 saturated heterocycles. The minimum atomic E-state index is -0.272. The number of thiophene rings is 2. The van der Waals surface area contributed by atoms with Gasteiger partial charge in [0.05, 0.1) is 6.04 Å². The fourth-order valence-electron chi connectivity index (χ4n) is 3.30. The van der Waals surface area contributed by atoms with Crippen molar-refractivity contribution in [2.24, 2.45) is 0 Å². The van der Waals surface area contributed by atoms with Crippen LogP contribution in [0.2, 0.25) is 0 Å². The van der Waals surface area contributed by atoms with Crippen LogP contribution in [0.1, 0.15) is 37.3 Å². The summed E-state index contributed by atoms with van der Waals surface area (Å²) in [5, 5.41) is 9.50. The quantitative estimate of drug-likeness (QED) is 0.341. The first-order chi connectivity index (χ1) is 14.5. The highest BCUT2D eigenvalue weighted by atomic mass is 32.1. The summed E-state index contributed by atoms with van der Waals surface area (Å²) in [6.45, 7) is 4.14. The standard InChI is InChI=1S/C24H21FN2OS2/c1-15-16(2)30-24(27-23(28)17-7-4-3-5-8-17)21(15)22(20-9-6-14-29-20)26-19-12-10-18(25)11-13-19/h3-14,22,26H,1-2H3,(H,27,28)/t22-/m1/s1. The minimum Gasteiger partial charge on any atom is -0.373 e. The predicted octanol–water partition coefficient (Wildman–Crippen LogP) is 7.02. The molecule has 1 atom stereocenters. The predicted molar refractivity (Wildman–Crippen MR) is 124 cm³/mol. The molecule has 4 rings (SSSR count). The zero-order valence-corrected chi connectivity index (χ0v) is 18.2. The second-order valence-electron chi connectivity index (χ2n) is 6.95. The van der Waals surface area contributed by atoms with E-state index in [2.05, 4.69) is 30.5 Å². The average Bonchev–Trinajstić information content (AvgIpc) is 3.38. The van der Waals surface area contributed by atoms with Crippen LogP contribution in [-0.2, 0) is 0 Å². The number of rotatable bonds is 6. The van der Waals surface area contributed by atoms with E-state index in [0.717, 1.165) is 31.6 Å². The van der Waals surface area contributed by atoms with E-state index < -0.39 is 0 Å². The molecule has 0 fully saturated rings. The van der Waals surface area contributed by atoms with E-state index in [1.54, 1.807) is 46.9 Å². The molecule has 0 aliphatic carbocycles. The molecule has 0 saturated carbocycles. The fourth-order valence-corrected chi connectivity index (χ4v) is 5.18. The van der Waals surface area contributed by atoms with E-state index in [9.17, 15) is 9.18 Å². The molecule has 2 aromatic heterocycles. The maximum Gasteiger partial charge on any atom is 0.256 e. The van der Waals surface area contributed by atoms with Crippen molar-refractivity contribution in [2.75, 3.05) is 10.6 Å². The summed E-state index contributed by atoms with van der Waals surface area (Å²) >= 11 is 3.22. The molecule has 3 nitrogen and oxygen atoms in total. The van der Waals surface area contributed by atoms with Crippen molar-refractivity contribution < 1.29 is 9.18 Å². The van der Waals surface area contributed by atoms with Gasteiger partial charge in [-0.3, -0.25) is 4.79 Å². The van der Waals surface area contributed by atoms with Crippen LogP contribution in [0.4, 0.5) is 15.1 Å². The highest BCUT2D eigenvalue weighted by Crippen LogP contribution is 2.42. The molecule has 1 amide bonds. The Kier molecular flexibility index (Phi) is 5.97. The highest BCUT2D eigenvalue weighted by Gasteiger charge is 2.25. The zero-order chi connectivity index (χ0) is 21.1. The Labute approximate surface area is 183 Å². The fraction of sp³-hybridized carbons (Fsp3) is 0.125. The maximum absolute atomic E-state index is 13.4. The van der Waals surface area contributed by atoms with Crippen LogP contribution in [-0.4, -0.2) is 5.91 Å². The first-order valence-corrected chi connectivity index (χ1v) is 11.2. The van der Waals surface area contributed by atoms with E-state index in [4.69, 9.17) is 0 Å². The molecule has 0 spiro atoms. The number of carbonyl (C=O) groups excluding carboxylic acids is 1. The molecule has 2 aromatic carbocycles. The van der Waals surface area contributed by atoms with Gasteiger partial charge in [-0.05, 0) is 67.3 Å². The van der Waals surface area contributed by atoms with Gasteiger partial charge < -0.3 is 10.6 Å². The third kappa shape index (κ3) is 4.30. The van der Waals surface area contributed by atoms with Gasteiger partial charge in [-0.2, -0.15) is 0 Å². The largest absolute Gasteiger partial charge is 0.373 e. The molecule has 0 unspecified atom stereocenters. The van der Waals surface area contributed by atoms with E-state index >= 15 is 0 Å². The van der Waals surface area contributed by atoms with Gasteiger partial charge in [-0.15, -0.1) is 22.7 Å². The second kappa shape index (κ2) is 8.81. The van der Waals surface area contributed by atoms with Crippen molar-refractivity contribution in [2.45, 2.75) is 19.9 Å².